The average Bonchev–Trinajstić information content (AvgIpc) is 2.45. The normalized spacial score (nSPS) is 11.9. The summed E-state index contributed by atoms with van der Waals surface area (Å²) in [7, 11) is 2.15. The molecule has 0 aliphatic carbocycles. The van der Waals surface area contributed by atoms with E-state index in [0.29, 0.717) is 0 Å². The Morgan fingerprint density at radius 3 is 2.61 bits per heavy atom. The van der Waals surface area contributed by atoms with Gasteiger partial charge in [0.15, 0.2) is 0 Å². The van der Waals surface area contributed by atoms with Gasteiger partial charge in [0.1, 0.15) is 0 Å². The van der Waals surface area contributed by atoms with Crippen LogP contribution in [0, 0.1) is 24.2 Å². The van der Waals surface area contributed by atoms with Gasteiger partial charge in [-0.1, -0.05) is 59.9 Å². The Morgan fingerprint density at radius 2 is 1.87 bits per heavy atom. The van der Waals surface area contributed by atoms with Crippen LogP contribution in [0.5, 0.6) is 0 Å². The Bertz CT molecular complexity index is 751. The fourth-order valence-corrected chi connectivity index (χ4v) is 2.59. The third-order valence-electron chi connectivity index (χ3n) is 3.60. The van der Waals surface area contributed by atoms with E-state index < -0.39 is 0 Å². The molecule has 0 heterocycles. The fourth-order valence-electron chi connectivity index (χ4n) is 2.59. The number of likely N-dealkylation sites (N-methyl/N-ethyl adjacent to an activating group) is 1. The number of rotatable bonds is 4. The summed E-state index contributed by atoms with van der Waals surface area (Å²) >= 11 is 0. The molecule has 0 saturated carbocycles. The monoisotopic (exact) mass is 305 g/mol. The van der Waals surface area contributed by atoms with Gasteiger partial charge in [-0.05, 0) is 57.2 Å². The van der Waals surface area contributed by atoms with Crippen LogP contribution in [0.15, 0.2) is 48.6 Å². The molecule has 0 aliphatic heterocycles. The Morgan fingerprint density at radius 1 is 1.13 bits per heavy atom. The molecule has 0 spiro atoms. The van der Waals surface area contributed by atoms with Crippen molar-refractivity contribution in [1.29, 1.82) is 0 Å². The van der Waals surface area contributed by atoms with Crippen molar-refractivity contribution in [1.82, 2.24) is 4.90 Å². The molecule has 0 amide bonds. The van der Waals surface area contributed by atoms with Crippen molar-refractivity contribution in [3.05, 3.63) is 59.7 Å². The first-order valence-electron chi connectivity index (χ1n) is 8.20. The van der Waals surface area contributed by atoms with E-state index in [9.17, 15) is 0 Å². The summed E-state index contributed by atoms with van der Waals surface area (Å²) in [5, 5.41) is 2.67. The molecular weight excluding hydrogens is 278 g/mol. The van der Waals surface area contributed by atoms with Crippen molar-refractivity contribution >= 4 is 10.8 Å². The summed E-state index contributed by atoms with van der Waals surface area (Å²) < 4.78 is 0. The third kappa shape index (κ3) is 5.58. The quantitative estimate of drug-likeness (QED) is 0.703. The SMILES string of the molecule is Cc1cc(CN(C)C/C=C/C#CC(C)(C)C)c2ccccc2c1. The van der Waals surface area contributed by atoms with Crippen LogP contribution in [0.1, 0.15) is 31.9 Å². The minimum atomic E-state index is 0.0662. The highest BCUT2D eigenvalue weighted by Crippen LogP contribution is 2.22. The zero-order chi connectivity index (χ0) is 16.9. The van der Waals surface area contributed by atoms with Crippen molar-refractivity contribution in [3.8, 4) is 11.8 Å². The standard InChI is InChI=1S/C22H27N/c1-18-15-19-11-7-8-12-21(19)20(16-18)17-23(5)14-10-6-9-13-22(2,3)4/h6-8,10-12,15-16H,14,17H2,1-5H3/b10-6+. The Balaban J connectivity index is 2.04. The van der Waals surface area contributed by atoms with Gasteiger partial charge in [-0.25, -0.2) is 0 Å². The molecule has 23 heavy (non-hydrogen) atoms. The van der Waals surface area contributed by atoms with E-state index in [2.05, 4.69) is 94.0 Å². The molecule has 0 unspecified atom stereocenters. The number of benzene rings is 2. The molecule has 0 fully saturated rings. The van der Waals surface area contributed by atoms with Crippen molar-refractivity contribution in [2.24, 2.45) is 5.41 Å². The number of nitrogens with zero attached hydrogens (tertiary/aromatic N) is 1. The van der Waals surface area contributed by atoms with E-state index >= 15 is 0 Å². The maximum atomic E-state index is 3.22. The molecular formula is C22H27N. The largest absolute Gasteiger partial charge is 0.298 e. The number of aryl methyl sites for hydroxylation is 1. The van der Waals surface area contributed by atoms with E-state index in [1.165, 1.54) is 21.9 Å². The molecule has 0 N–H and O–H groups in total. The van der Waals surface area contributed by atoms with Crippen LogP contribution in [-0.2, 0) is 6.54 Å². The predicted molar refractivity (Wildman–Crippen MR) is 101 cm³/mol. The first-order chi connectivity index (χ1) is 10.8. The first-order valence-corrected chi connectivity index (χ1v) is 8.20. The summed E-state index contributed by atoms with van der Waals surface area (Å²) in [5.41, 5.74) is 2.77. The lowest BCUT2D eigenvalue weighted by Crippen LogP contribution is -2.17. The highest BCUT2D eigenvalue weighted by Gasteiger charge is 2.05. The second-order valence-electron chi connectivity index (χ2n) is 7.26. The number of hydrogen-bond acceptors (Lipinski definition) is 1. The van der Waals surface area contributed by atoms with E-state index in [1.807, 2.05) is 6.08 Å². The first kappa shape index (κ1) is 17.3. The predicted octanol–water partition coefficient (Wildman–Crippen LogP) is 5.19. The maximum Gasteiger partial charge on any atom is 0.0240 e. The van der Waals surface area contributed by atoms with Gasteiger partial charge in [-0.2, -0.15) is 0 Å². The molecule has 2 rings (SSSR count). The second kappa shape index (κ2) is 7.49. The zero-order valence-corrected chi connectivity index (χ0v) is 15.0. The molecule has 1 heteroatoms. The van der Waals surface area contributed by atoms with Crippen molar-refractivity contribution < 1.29 is 0 Å². The van der Waals surface area contributed by atoms with Gasteiger partial charge in [-0.15, -0.1) is 0 Å². The van der Waals surface area contributed by atoms with Crippen LogP contribution in [0.3, 0.4) is 0 Å². The van der Waals surface area contributed by atoms with Gasteiger partial charge in [0.2, 0.25) is 0 Å². The lowest BCUT2D eigenvalue weighted by Gasteiger charge is -2.16. The van der Waals surface area contributed by atoms with Crippen LogP contribution in [0.2, 0.25) is 0 Å². The van der Waals surface area contributed by atoms with E-state index in [1.54, 1.807) is 0 Å². The van der Waals surface area contributed by atoms with Crippen LogP contribution in [0.4, 0.5) is 0 Å². The Kier molecular flexibility index (Phi) is 5.64. The number of fused-ring (bicyclic) bond motifs is 1. The molecule has 0 saturated heterocycles. The molecule has 0 aromatic heterocycles. The van der Waals surface area contributed by atoms with Gasteiger partial charge >= 0.3 is 0 Å². The van der Waals surface area contributed by atoms with Gasteiger partial charge in [-0.3, -0.25) is 4.90 Å². The Hall–Kier alpha value is -2.04. The molecule has 0 atom stereocenters. The van der Waals surface area contributed by atoms with E-state index in [4.69, 9.17) is 0 Å². The molecule has 120 valence electrons. The number of allylic oxidation sites excluding steroid dienone is 1. The second-order valence-corrected chi connectivity index (χ2v) is 7.26. The third-order valence-corrected chi connectivity index (χ3v) is 3.60. The highest BCUT2D eigenvalue weighted by molar-refractivity contribution is 5.86. The summed E-state index contributed by atoms with van der Waals surface area (Å²) in [6.07, 6.45) is 4.10. The van der Waals surface area contributed by atoms with Crippen molar-refractivity contribution in [2.75, 3.05) is 13.6 Å². The maximum absolute atomic E-state index is 3.22. The fraction of sp³-hybridized carbons (Fsp3) is 0.364. The summed E-state index contributed by atoms with van der Waals surface area (Å²) in [6.45, 7) is 10.4. The topological polar surface area (TPSA) is 3.24 Å². The van der Waals surface area contributed by atoms with Crippen LogP contribution in [0.25, 0.3) is 10.8 Å². The number of hydrogen-bond donors (Lipinski definition) is 0. The summed E-state index contributed by atoms with van der Waals surface area (Å²) in [4.78, 5) is 2.32. The van der Waals surface area contributed by atoms with E-state index in [0.717, 1.165) is 13.1 Å². The van der Waals surface area contributed by atoms with Gasteiger partial charge < -0.3 is 0 Å². The highest BCUT2D eigenvalue weighted by atomic mass is 15.1. The zero-order valence-electron chi connectivity index (χ0n) is 15.0. The van der Waals surface area contributed by atoms with Crippen LogP contribution in [-0.4, -0.2) is 18.5 Å². The molecule has 1 nitrogen and oxygen atoms in total. The molecule has 0 bridgehead atoms. The minimum absolute atomic E-state index is 0.0662. The Labute approximate surface area is 141 Å². The molecule has 0 radical (unpaired) electrons. The lowest BCUT2D eigenvalue weighted by atomic mass is 9.98. The van der Waals surface area contributed by atoms with Crippen LogP contribution >= 0.6 is 0 Å². The molecule has 0 aliphatic rings. The average molecular weight is 305 g/mol. The summed E-state index contributed by atoms with van der Waals surface area (Å²) in [6, 6.07) is 13.2. The van der Waals surface area contributed by atoms with Crippen molar-refractivity contribution in [3.63, 3.8) is 0 Å². The lowest BCUT2D eigenvalue weighted by molar-refractivity contribution is 0.365. The van der Waals surface area contributed by atoms with Gasteiger partial charge in [0, 0.05) is 18.5 Å². The minimum Gasteiger partial charge on any atom is -0.298 e. The summed E-state index contributed by atoms with van der Waals surface area (Å²) in [5.74, 6) is 6.35. The molecule has 2 aromatic rings. The van der Waals surface area contributed by atoms with Gasteiger partial charge in [0.05, 0.1) is 0 Å². The van der Waals surface area contributed by atoms with Crippen molar-refractivity contribution in [2.45, 2.75) is 34.2 Å². The van der Waals surface area contributed by atoms with Crippen LogP contribution < -0.4 is 0 Å². The molecule has 2 aromatic carbocycles. The van der Waals surface area contributed by atoms with Gasteiger partial charge in [0.25, 0.3) is 0 Å². The van der Waals surface area contributed by atoms with E-state index in [-0.39, 0.29) is 5.41 Å². The smallest absolute Gasteiger partial charge is 0.0240 e.